The molecule has 23 heavy (non-hydrogen) atoms. The second-order valence-electron chi connectivity index (χ2n) is 7.16. The molecule has 2 fully saturated rings. The minimum atomic E-state index is 0.286. The van der Waals surface area contributed by atoms with E-state index in [2.05, 4.69) is 41.1 Å². The summed E-state index contributed by atoms with van der Waals surface area (Å²) in [5.74, 6) is 0.687. The first-order chi connectivity index (χ1) is 11.1. The van der Waals surface area contributed by atoms with Crippen LogP contribution in [0.15, 0.2) is 30.3 Å². The molecule has 3 rings (SSSR count). The van der Waals surface area contributed by atoms with Gasteiger partial charge < -0.3 is 10.2 Å². The molecule has 1 aromatic rings. The maximum Gasteiger partial charge on any atom is 0.226 e. The monoisotopic (exact) mass is 315 g/mol. The summed E-state index contributed by atoms with van der Waals surface area (Å²) < 4.78 is 0. The van der Waals surface area contributed by atoms with Crippen molar-refractivity contribution in [3.63, 3.8) is 0 Å². The molecule has 1 saturated heterocycles. The fourth-order valence-corrected chi connectivity index (χ4v) is 4.14. The SMILES string of the molecule is C[C@@H]1CN(CNc2ccccc2)C[C@H](C)N1C(=O)C1CCCC1. The lowest BCUT2D eigenvalue weighted by molar-refractivity contribution is -0.143. The van der Waals surface area contributed by atoms with Gasteiger partial charge in [-0.15, -0.1) is 0 Å². The van der Waals surface area contributed by atoms with E-state index in [9.17, 15) is 4.79 Å². The van der Waals surface area contributed by atoms with Crippen molar-refractivity contribution in [1.29, 1.82) is 0 Å². The largest absolute Gasteiger partial charge is 0.372 e. The van der Waals surface area contributed by atoms with Gasteiger partial charge in [0.05, 0.1) is 6.67 Å². The third-order valence-electron chi connectivity index (χ3n) is 5.23. The van der Waals surface area contributed by atoms with Gasteiger partial charge in [-0.25, -0.2) is 0 Å². The molecule has 1 amide bonds. The molecule has 1 aromatic carbocycles. The van der Waals surface area contributed by atoms with Crippen molar-refractivity contribution in [2.75, 3.05) is 25.1 Å². The zero-order valence-electron chi connectivity index (χ0n) is 14.4. The van der Waals surface area contributed by atoms with Gasteiger partial charge in [-0.05, 0) is 38.8 Å². The molecule has 1 aliphatic carbocycles. The summed E-state index contributed by atoms with van der Waals surface area (Å²) in [4.78, 5) is 17.4. The molecule has 0 unspecified atom stereocenters. The summed E-state index contributed by atoms with van der Waals surface area (Å²) in [6.07, 6.45) is 4.63. The number of anilines is 1. The van der Waals surface area contributed by atoms with Crippen LogP contribution in [0.3, 0.4) is 0 Å². The van der Waals surface area contributed by atoms with Crippen LogP contribution in [-0.4, -0.2) is 47.5 Å². The first-order valence-electron chi connectivity index (χ1n) is 8.98. The lowest BCUT2D eigenvalue weighted by Crippen LogP contribution is -2.60. The molecule has 0 aromatic heterocycles. The standard InChI is InChI=1S/C19H29N3O/c1-15-12-21(14-20-18-10-4-3-5-11-18)13-16(2)22(15)19(23)17-8-6-7-9-17/h3-5,10-11,15-17,20H,6-9,12-14H2,1-2H3/t15-,16+. The average molecular weight is 315 g/mol. The van der Waals surface area contributed by atoms with Crippen LogP contribution in [0.1, 0.15) is 39.5 Å². The van der Waals surface area contributed by atoms with Crippen LogP contribution < -0.4 is 5.32 Å². The van der Waals surface area contributed by atoms with Gasteiger partial charge in [0.25, 0.3) is 0 Å². The Morgan fingerprint density at radius 1 is 1.09 bits per heavy atom. The lowest BCUT2D eigenvalue weighted by atomic mass is 10.0. The van der Waals surface area contributed by atoms with Gasteiger partial charge in [0.2, 0.25) is 5.91 Å². The van der Waals surface area contributed by atoms with Crippen molar-refractivity contribution in [1.82, 2.24) is 9.80 Å². The summed E-state index contributed by atoms with van der Waals surface area (Å²) in [7, 11) is 0. The van der Waals surface area contributed by atoms with Gasteiger partial charge >= 0.3 is 0 Å². The Balaban J connectivity index is 1.55. The quantitative estimate of drug-likeness (QED) is 0.927. The minimum Gasteiger partial charge on any atom is -0.372 e. The summed E-state index contributed by atoms with van der Waals surface area (Å²) in [6.45, 7) is 7.12. The molecular formula is C19H29N3O. The van der Waals surface area contributed by atoms with E-state index in [0.717, 1.165) is 38.3 Å². The van der Waals surface area contributed by atoms with Crippen LogP contribution in [0.5, 0.6) is 0 Å². The molecule has 126 valence electrons. The molecule has 0 radical (unpaired) electrons. The summed E-state index contributed by atoms with van der Waals surface area (Å²) >= 11 is 0. The fourth-order valence-electron chi connectivity index (χ4n) is 4.14. The molecule has 0 spiro atoms. The first kappa shape index (κ1) is 16.3. The van der Waals surface area contributed by atoms with Crippen LogP contribution in [0, 0.1) is 5.92 Å². The van der Waals surface area contributed by atoms with E-state index in [0.29, 0.717) is 18.0 Å². The molecule has 1 heterocycles. The number of hydrogen-bond donors (Lipinski definition) is 1. The summed E-state index contributed by atoms with van der Waals surface area (Å²) in [6, 6.07) is 10.9. The molecule has 4 nitrogen and oxygen atoms in total. The Morgan fingerprint density at radius 3 is 2.30 bits per heavy atom. The number of rotatable bonds is 4. The molecule has 2 atom stereocenters. The molecule has 1 aliphatic heterocycles. The zero-order chi connectivity index (χ0) is 16.2. The number of carbonyl (C=O) groups excluding carboxylic acids is 1. The van der Waals surface area contributed by atoms with E-state index in [1.807, 2.05) is 18.2 Å². The highest BCUT2D eigenvalue weighted by Gasteiger charge is 2.36. The number of para-hydroxylation sites is 1. The van der Waals surface area contributed by atoms with Gasteiger partial charge in [-0.1, -0.05) is 31.0 Å². The highest BCUT2D eigenvalue weighted by atomic mass is 16.2. The van der Waals surface area contributed by atoms with Gasteiger partial charge in [0.1, 0.15) is 0 Å². The van der Waals surface area contributed by atoms with Crippen LogP contribution in [0.4, 0.5) is 5.69 Å². The van der Waals surface area contributed by atoms with Crippen LogP contribution >= 0.6 is 0 Å². The molecule has 4 heteroatoms. The number of benzene rings is 1. The maximum atomic E-state index is 12.8. The van der Waals surface area contributed by atoms with Crippen molar-refractivity contribution in [3.05, 3.63) is 30.3 Å². The number of nitrogens with zero attached hydrogens (tertiary/aromatic N) is 2. The van der Waals surface area contributed by atoms with Gasteiger partial charge in [-0.3, -0.25) is 9.69 Å². The Labute approximate surface area is 139 Å². The third kappa shape index (κ3) is 3.86. The highest BCUT2D eigenvalue weighted by Crippen LogP contribution is 2.29. The molecule has 1 N–H and O–H groups in total. The Bertz CT molecular complexity index is 501. The van der Waals surface area contributed by atoms with Crippen molar-refractivity contribution in [3.8, 4) is 0 Å². The zero-order valence-corrected chi connectivity index (χ0v) is 14.4. The van der Waals surface area contributed by atoms with Gasteiger partial charge in [0.15, 0.2) is 0 Å². The van der Waals surface area contributed by atoms with Crippen LogP contribution in [-0.2, 0) is 4.79 Å². The summed E-state index contributed by atoms with van der Waals surface area (Å²) in [5, 5.41) is 3.48. The number of amides is 1. The van der Waals surface area contributed by atoms with Crippen molar-refractivity contribution in [2.24, 2.45) is 5.92 Å². The smallest absolute Gasteiger partial charge is 0.226 e. The van der Waals surface area contributed by atoms with Gasteiger partial charge in [0, 0.05) is 36.8 Å². The fraction of sp³-hybridized carbons (Fsp3) is 0.632. The lowest BCUT2D eigenvalue weighted by Gasteiger charge is -2.45. The first-order valence-corrected chi connectivity index (χ1v) is 8.98. The molecule has 2 aliphatic rings. The Kier molecular flexibility index (Phi) is 5.21. The maximum absolute atomic E-state index is 12.8. The molecular weight excluding hydrogens is 286 g/mol. The molecule has 1 saturated carbocycles. The summed E-state index contributed by atoms with van der Waals surface area (Å²) in [5.41, 5.74) is 1.15. The number of hydrogen-bond acceptors (Lipinski definition) is 3. The molecule has 0 bridgehead atoms. The van der Waals surface area contributed by atoms with E-state index in [1.165, 1.54) is 12.8 Å². The van der Waals surface area contributed by atoms with Crippen molar-refractivity contribution in [2.45, 2.75) is 51.6 Å². The van der Waals surface area contributed by atoms with E-state index < -0.39 is 0 Å². The normalized spacial score (nSPS) is 26.4. The van der Waals surface area contributed by atoms with E-state index in [1.54, 1.807) is 0 Å². The van der Waals surface area contributed by atoms with Crippen molar-refractivity contribution < 1.29 is 4.79 Å². The number of piperazine rings is 1. The second kappa shape index (κ2) is 7.35. The predicted molar refractivity (Wildman–Crippen MR) is 94.2 cm³/mol. The van der Waals surface area contributed by atoms with E-state index in [4.69, 9.17) is 0 Å². The van der Waals surface area contributed by atoms with Crippen molar-refractivity contribution >= 4 is 11.6 Å². The van der Waals surface area contributed by atoms with Gasteiger partial charge in [-0.2, -0.15) is 0 Å². The van der Waals surface area contributed by atoms with E-state index >= 15 is 0 Å². The average Bonchev–Trinajstić information content (AvgIpc) is 3.07. The van der Waals surface area contributed by atoms with Crippen LogP contribution in [0.25, 0.3) is 0 Å². The van der Waals surface area contributed by atoms with E-state index in [-0.39, 0.29) is 5.92 Å². The number of carbonyl (C=O) groups is 1. The Hall–Kier alpha value is -1.55. The highest BCUT2D eigenvalue weighted by molar-refractivity contribution is 5.79. The topological polar surface area (TPSA) is 35.6 Å². The number of nitrogens with one attached hydrogen (secondary N) is 1. The van der Waals surface area contributed by atoms with Crippen LogP contribution in [0.2, 0.25) is 0 Å². The second-order valence-corrected chi connectivity index (χ2v) is 7.16. The minimum absolute atomic E-state index is 0.286. The third-order valence-corrected chi connectivity index (χ3v) is 5.23. The Morgan fingerprint density at radius 2 is 1.70 bits per heavy atom. The predicted octanol–water partition coefficient (Wildman–Crippen LogP) is 3.17.